The molecule has 0 fully saturated rings. The summed E-state index contributed by atoms with van der Waals surface area (Å²) in [5, 5.41) is 2.71. The van der Waals surface area contributed by atoms with Gasteiger partial charge in [-0.25, -0.2) is 0 Å². The third kappa shape index (κ3) is 2.79. The van der Waals surface area contributed by atoms with Crippen LogP contribution in [0.5, 0.6) is 0 Å². The largest absolute Gasteiger partial charge is 0.323 e. The molecule has 1 aromatic rings. The van der Waals surface area contributed by atoms with Gasteiger partial charge in [-0.2, -0.15) is 0 Å². The van der Waals surface area contributed by atoms with E-state index in [-0.39, 0.29) is 18.4 Å². The molecular formula is C8H11Cl2NS. The van der Waals surface area contributed by atoms with Gasteiger partial charge in [-0.1, -0.05) is 17.7 Å². The Morgan fingerprint density at radius 2 is 2.42 bits per heavy atom. The molecule has 0 unspecified atom stereocenters. The topological polar surface area (TPSA) is 26.0 Å². The average molecular weight is 224 g/mol. The zero-order chi connectivity index (χ0) is 8.27. The minimum atomic E-state index is 0. The van der Waals surface area contributed by atoms with Gasteiger partial charge in [-0.15, -0.1) is 30.3 Å². The quantitative estimate of drug-likeness (QED) is 0.782. The lowest BCUT2D eigenvalue weighted by Crippen LogP contribution is -2.07. The van der Waals surface area contributed by atoms with Crippen LogP contribution >= 0.6 is 35.3 Å². The third-order valence-corrected chi connectivity index (χ3v) is 2.89. The summed E-state index contributed by atoms with van der Waals surface area (Å²) in [5.74, 6) is 0. The van der Waals surface area contributed by atoms with Crippen LogP contribution in [-0.4, -0.2) is 0 Å². The summed E-state index contributed by atoms with van der Waals surface area (Å²) in [4.78, 5) is 1.05. The maximum absolute atomic E-state index is 5.87. The van der Waals surface area contributed by atoms with Crippen molar-refractivity contribution in [1.29, 1.82) is 0 Å². The smallest absolute Gasteiger partial charge is 0.0561 e. The molecule has 2 N–H and O–H groups in total. The second-order valence-corrected chi connectivity index (χ2v) is 3.62. The summed E-state index contributed by atoms with van der Waals surface area (Å²) in [6.45, 7) is 3.62. The lowest BCUT2D eigenvalue weighted by Gasteiger charge is -2.05. The highest BCUT2D eigenvalue weighted by Crippen LogP contribution is 2.28. The molecule has 0 aliphatic heterocycles. The Kier molecular flexibility index (Phi) is 5.59. The number of rotatable bonds is 3. The molecule has 1 aromatic heterocycles. The van der Waals surface area contributed by atoms with E-state index in [1.54, 1.807) is 17.4 Å². The molecule has 1 heterocycles. The lowest BCUT2D eigenvalue weighted by atomic mass is 10.2. The number of hydrogen-bond acceptors (Lipinski definition) is 2. The minimum absolute atomic E-state index is 0. The monoisotopic (exact) mass is 223 g/mol. The predicted molar refractivity (Wildman–Crippen MR) is 58.3 cm³/mol. The zero-order valence-corrected chi connectivity index (χ0v) is 8.88. The van der Waals surface area contributed by atoms with Crippen LogP contribution in [0.15, 0.2) is 24.1 Å². The van der Waals surface area contributed by atoms with E-state index >= 15 is 0 Å². The average Bonchev–Trinajstić information content (AvgIpc) is 2.36. The van der Waals surface area contributed by atoms with Gasteiger partial charge in [-0.05, 0) is 17.9 Å². The number of nitrogens with two attached hydrogens (primary N) is 1. The van der Waals surface area contributed by atoms with E-state index in [1.807, 2.05) is 11.4 Å². The molecule has 0 saturated carbocycles. The van der Waals surface area contributed by atoms with E-state index in [2.05, 4.69) is 6.58 Å². The molecule has 0 radical (unpaired) electrons. The zero-order valence-electron chi connectivity index (χ0n) is 6.50. The molecule has 1 rings (SSSR count). The van der Waals surface area contributed by atoms with Gasteiger partial charge in [0, 0.05) is 10.9 Å². The van der Waals surface area contributed by atoms with E-state index < -0.39 is 0 Å². The maximum atomic E-state index is 5.87. The highest BCUT2D eigenvalue weighted by atomic mass is 35.5. The molecule has 4 heteroatoms. The lowest BCUT2D eigenvalue weighted by molar-refractivity contribution is 0.758. The van der Waals surface area contributed by atoms with Gasteiger partial charge in [0.05, 0.1) is 5.02 Å². The molecule has 1 nitrogen and oxygen atoms in total. The molecule has 12 heavy (non-hydrogen) atoms. The molecule has 0 bridgehead atoms. The summed E-state index contributed by atoms with van der Waals surface area (Å²) in [7, 11) is 0. The Morgan fingerprint density at radius 3 is 2.83 bits per heavy atom. The van der Waals surface area contributed by atoms with Gasteiger partial charge in [0.2, 0.25) is 0 Å². The molecule has 0 amide bonds. The fraction of sp³-hybridized carbons (Fsp3) is 0.250. The Bertz CT molecular complexity index is 247. The van der Waals surface area contributed by atoms with E-state index in [0.717, 1.165) is 16.3 Å². The van der Waals surface area contributed by atoms with Crippen molar-refractivity contribution >= 4 is 35.3 Å². The number of hydrogen-bond donors (Lipinski definition) is 1. The maximum Gasteiger partial charge on any atom is 0.0561 e. The van der Waals surface area contributed by atoms with Crippen molar-refractivity contribution in [3.63, 3.8) is 0 Å². The fourth-order valence-corrected chi connectivity index (χ4v) is 2.07. The molecular weight excluding hydrogens is 213 g/mol. The van der Waals surface area contributed by atoms with Crippen LogP contribution < -0.4 is 5.73 Å². The Hall–Kier alpha value is -0.0200. The van der Waals surface area contributed by atoms with Gasteiger partial charge < -0.3 is 5.73 Å². The molecule has 68 valence electrons. The Balaban J connectivity index is 0.00000121. The van der Waals surface area contributed by atoms with Crippen molar-refractivity contribution in [3.8, 4) is 0 Å². The SMILES string of the molecule is C=CC[C@H](N)c1sccc1Cl.Cl. The number of halogens is 2. The van der Waals surface area contributed by atoms with Gasteiger partial charge in [0.1, 0.15) is 0 Å². The summed E-state index contributed by atoms with van der Waals surface area (Å²) < 4.78 is 0. The van der Waals surface area contributed by atoms with Crippen LogP contribution in [0.4, 0.5) is 0 Å². The van der Waals surface area contributed by atoms with Crippen LogP contribution in [0.25, 0.3) is 0 Å². The van der Waals surface area contributed by atoms with Crippen LogP contribution in [0, 0.1) is 0 Å². The normalized spacial score (nSPS) is 11.8. The first kappa shape index (κ1) is 12.0. The van der Waals surface area contributed by atoms with Crippen molar-refractivity contribution in [1.82, 2.24) is 0 Å². The van der Waals surface area contributed by atoms with Gasteiger partial charge >= 0.3 is 0 Å². The van der Waals surface area contributed by atoms with Gasteiger partial charge in [-0.3, -0.25) is 0 Å². The molecule has 1 atom stereocenters. The first-order valence-corrected chi connectivity index (χ1v) is 4.61. The molecule has 0 aromatic carbocycles. The van der Waals surface area contributed by atoms with Crippen molar-refractivity contribution in [2.75, 3.05) is 0 Å². The molecule has 0 spiro atoms. The second kappa shape index (κ2) is 5.60. The molecule has 0 aliphatic rings. The Morgan fingerprint density at radius 1 is 1.75 bits per heavy atom. The predicted octanol–water partition coefficient (Wildman–Crippen LogP) is 3.40. The standard InChI is InChI=1S/C8H10ClNS.ClH/c1-2-3-7(10)8-6(9)4-5-11-8;/h2,4-5,7H,1,3,10H2;1H/t7-;/m0./s1. The summed E-state index contributed by atoms with van der Waals surface area (Å²) >= 11 is 7.46. The second-order valence-electron chi connectivity index (χ2n) is 2.26. The van der Waals surface area contributed by atoms with Gasteiger partial charge in [0.15, 0.2) is 0 Å². The van der Waals surface area contributed by atoms with Crippen molar-refractivity contribution < 1.29 is 0 Å². The fourth-order valence-electron chi connectivity index (χ4n) is 0.857. The summed E-state index contributed by atoms with van der Waals surface area (Å²) in [5.41, 5.74) is 5.81. The highest BCUT2D eigenvalue weighted by Gasteiger charge is 2.08. The first-order valence-electron chi connectivity index (χ1n) is 3.35. The Labute approximate surface area is 87.6 Å². The van der Waals surface area contributed by atoms with Gasteiger partial charge in [0.25, 0.3) is 0 Å². The van der Waals surface area contributed by atoms with Crippen molar-refractivity contribution in [3.05, 3.63) is 34.0 Å². The van der Waals surface area contributed by atoms with Crippen LogP contribution in [0.2, 0.25) is 5.02 Å². The van der Waals surface area contributed by atoms with E-state index in [9.17, 15) is 0 Å². The third-order valence-electron chi connectivity index (χ3n) is 1.40. The van der Waals surface area contributed by atoms with E-state index in [0.29, 0.717) is 0 Å². The highest BCUT2D eigenvalue weighted by molar-refractivity contribution is 7.10. The van der Waals surface area contributed by atoms with E-state index in [4.69, 9.17) is 17.3 Å². The summed E-state index contributed by atoms with van der Waals surface area (Å²) in [6.07, 6.45) is 2.58. The molecule has 0 aliphatic carbocycles. The van der Waals surface area contributed by atoms with Crippen LogP contribution in [0.1, 0.15) is 17.3 Å². The first-order chi connectivity index (χ1) is 5.25. The van der Waals surface area contributed by atoms with Crippen LogP contribution in [-0.2, 0) is 0 Å². The van der Waals surface area contributed by atoms with Crippen molar-refractivity contribution in [2.45, 2.75) is 12.5 Å². The summed E-state index contributed by atoms with van der Waals surface area (Å²) in [6, 6.07) is 1.88. The van der Waals surface area contributed by atoms with Crippen LogP contribution in [0.3, 0.4) is 0 Å². The molecule has 0 saturated heterocycles. The van der Waals surface area contributed by atoms with E-state index in [1.165, 1.54) is 0 Å². The minimum Gasteiger partial charge on any atom is -0.323 e. The van der Waals surface area contributed by atoms with Crippen molar-refractivity contribution in [2.24, 2.45) is 5.73 Å². The number of thiophene rings is 1.